The van der Waals surface area contributed by atoms with Crippen LogP contribution in [0, 0.1) is 0 Å². The maximum absolute atomic E-state index is 13.8. The standard InChI is InChI=1S/C31H38N4O7/c1-7-40-29(37)26-25-17-19-34(28(36)27(25)35(32-26)22-11-13-23(39-6)14-12-22)21-9-15-24(16-10-21)41-20-8-18-33(5)30(38)42-31(2,3)4/h9-16H,7-8,17-20H2,1-6H3. The monoisotopic (exact) mass is 578 g/mol. The number of carbonyl (C=O) groups excluding carboxylic acids is 3. The van der Waals surface area contributed by atoms with Gasteiger partial charge in [-0.05, 0) is 89.1 Å². The molecule has 0 bridgehead atoms. The Morgan fingerprint density at radius 2 is 1.64 bits per heavy atom. The number of nitrogens with zero attached hydrogens (tertiary/aromatic N) is 4. The van der Waals surface area contributed by atoms with Crippen molar-refractivity contribution in [2.24, 2.45) is 0 Å². The molecular weight excluding hydrogens is 540 g/mol. The second kappa shape index (κ2) is 13.0. The van der Waals surface area contributed by atoms with Crippen molar-refractivity contribution >= 4 is 23.7 Å². The van der Waals surface area contributed by atoms with Gasteiger partial charge >= 0.3 is 12.1 Å². The summed E-state index contributed by atoms with van der Waals surface area (Å²) in [6.07, 6.45) is 0.696. The van der Waals surface area contributed by atoms with E-state index in [-0.39, 0.29) is 24.3 Å². The Morgan fingerprint density at radius 3 is 2.26 bits per heavy atom. The highest BCUT2D eigenvalue weighted by Gasteiger charge is 2.35. The molecule has 0 atom stereocenters. The first-order chi connectivity index (χ1) is 20.0. The fraction of sp³-hybridized carbons (Fsp3) is 0.419. The van der Waals surface area contributed by atoms with E-state index in [0.29, 0.717) is 66.7 Å². The van der Waals surface area contributed by atoms with Crippen molar-refractivity contribution in [3.05, 3.63) is 65.5 Å². The van der Waals surface area contributed by atoms with E-state index in [0.717, 1.165) is 0 Å². The molecule has 2 heterocycles. The van der Waals surface area contributed by atoms with Crippen molar-refractivity contribution in [2.45, 2.75) is 46.1 Å². The minimum Gasteiger partial charge on any atom is -0.497 e. The van der Waals surface area contributed by atoms with Crippen LogP contribution in [0.25, 0.3) is 5.69 Å². The molecule has 11 nitrogen and oxygen atoms in total. The number of hydrogen-bond donors (Lipinski definition) is 0. The highest BCUT2D eigenvalue weighted by molar-refractivity contribution is 6.09. The number of aromatic nitrogens is 2. The lowest BCUT2D eigenvalue weighted by Gasteiger charge is -2.28. The Morgan fingerprint density at radius 1 is 1.00 bits per heavy atom. The molecule has 0 spiro atoms. The molecule has 2 aromatic carbocycles. The van der Waals surface area contributed by atoms with Gasteiger partial charge in [-0.2, -0.15) is 5.10 Å². The molecule has 3 aromatic rings. The molecule has 0 radical (unpaired) electrons. The van der Waals surface area contributed by atoms with Gasteiger partial charge in [0.05, 0.1) is 26.0 Å². The van der Waals surface area contributed by atoms with Crippen molar-refractivity contribution in [2.75, 3.05) is 45.4 Å². The normalized spacial score (nSPS) is 12.9. The lowest BCUT2D eigenvalue weighted by atomic mass is 10.0. The SMILES string of the molecule is CCOC(=O)c1nn(-c2ccc(OC)cc2)c2c1CCN(c1ccc(OCCCN(C)C(=O)OC(C)(C)C)cc1)C2=O. The van der Waals surface area contributed by atoms with Crippen LogP contribution in [0.5, 0.6) is 11.5 Å². The van der Waals surface area contributed by atoms with Crippen LogP contribution in [0.2, 0.25) is 0 Å². The summed E-state index contributed by atoms with van der Waals surface area (Å²) in [7, 11) is 3.27. The summed E-state index contributed by atoms with van der Waals surface area (Å²) in [6.45, 7) is 8.72. The zero-order valence-electron chi connectivity index (χ0n) is 25.0. The molecule has 0 N–H and O–H groups in total. The van der Waals surface area contributed by atoms with Gasteiger partial charge in [-0.15, -0.1) is 0 Å². The Balaban J connectivity index is 1.46. The summed E-state index contributed by atoms with van der Waals surface area (Å²) in [5.74, 6) is 0.488. The fourth-order valence-corrected chi connectivity index (χ4v) is 4.53. The molecule has 224 valence electrons. The van der Waals surface area contributed by atoms with Gasteiger partial charge in [0.15, 0.2) is 5.69 Å². The van der Waals surface area contributed by atoms with Crippen LogP contribution in [0.4, 0.5) is 10.5 Å². The maximum Gasteiger partial charge on any atom is 0.410 e. The van der Waals surface area contributed by atoms with E-state index in [9.17, 15) is 14.4 Å². The van der Waals surface area contributed by atoms with Gasteiger partial charge in [0.25, 0.3) is 5.91 Å². The number of benzene rings is 2. The van der Waals surface area contributed by atoms with Crippen molar-refractivity contribution in [1.29, 1.82) is 0 Å². The van der Waals surface area contributed by atoms with Crippen LogP contribution < -0.4 is 14.4 Å². The predicted octanol–water partition coefficient (Wildman–Crippen LogP) is 4.90. The summed E-state index contributed by atoms with van der Waals surface area (Å²) < 4.78 is 23.2. The number of esters is 1. The van der Waals surface area contributed by atoms with Gasteiger partial charge in [0, 0.05) is 31.4 Å². The second-order valence-electron chi connectivity index (χ2n) is 10.8. The minimum atomic E-state index is -0.555. The van der Waals surface area contributed by atoms with Crippen molar-refractivity contribution in [3.63, 3.8) is 0 Å². The molecule has 1 aliphatic heterocycles. The van der Waals surface area contributed by atoms with Crippen molar-refractivity contribution < 1.29 is 33.3 Å². The van der Waals surface area contributed by atoms with Crippen LogP contribution in [-0.2, 0) is 15.9 Å². The number of rotatable bonds is 10. The van der Waals surface area contributed by atoms with E-state index >= 15 is 0 Å². The average molecular weight is 579 g/mol. The number of methoxy groups -OCH3 is 1. The van der Waals surface area contributed by atoms with Gasteiger partial charge in [0.2, 0.25) is 0 Å². The molecule has 0 unspecified atom stereocenters. The van der Waals surface area contributed by atoms with Gasteiger partial charge < -0.3 is 28.7 Å². The summed E-state index contributed by atoms with van der Waals surface area (Å²) in [6, 6.07) is 14.4. The highest BCUT2D eigenvalue weighted by atomic mass is 16.6. The number of anilines is 1. The van der Waals surface area contributed by atoms with E-state index in [4.69, 9.17) is 18.9 Å². The molecule has 4 rings (SSSR count). The molecule has 42 heavy (non-hydrogen) atoms. The summed E-state index contributed by atoms with van der Waals surface area (Å²) >= 11 is 0. The zero-order chi connectivity index (χ0) is 30.4. The Kier molecular flexibility index (Phi) is 9.39. The number of ether oxygens (including phenoxy) is 4. The molecule has 0 fully saturated rings. The Bertz CT molecular complexity index is 1410. The zero-order valence-corrected chi connectivity index (χ0v) is 25.0. The third kappa shape index (κ3) is 7.02. The third-order valence-electron chi connectivity index (χ3n) is 6.56. The molecule has 1 aromatic heterocycles. The quantitative estimate of drug-likeness (QED) is 0.247. The summed E-state index contributed by atoms with van der Waals surface area (Å²) in [4.78, 5) is 41.8. The van der Waals surface area contributed by atoms with Gasteiger partial charge in [-0.25, -0.2) is 14.3 Å². The average Bonchev–Trinajstić information content (AvgIpc) is 3.36. The lowest BCUT2D eigenvalue weighted by molar-refractivity contribution is 0.0291. The molecule has 0 saturated heterocycles. The predicted molar refractivity (Wildman–Crippen MR) is 157 cm³/mol. The first kappa shape index (κ1) is 30.4. The van der Waals surface area contributed by atoms with E-state index in [2.05, 4.69) is 5.10 Å². The number of hydrogen-bond acceptors (Lipinski definition) is 8. The van der Waals surface area contributed by atoms with Crippen molar-refractivity contribution in [3.8, 4) is 17.2 Å². The van der Waals surface area contributed by atoms with E-state index < -0.39 is 11.6 Å². The molecule has 0 aliphatic carbocycles. The lowest BCUT2D eigenvalue weighted by Crippen LogP contribution is -2.39. The molecule has 0 saturated carbocycles. The van der Waals surface area contributed by atoms with E-state index in [1.54, 1.807) is 62.4 Å². The van der Waals surface area contributed by atoms with E-state index in [1.165, 1.54) is 9.58 Å². The van der Waals surface area contributed by atoms with Gasteiger partial charge in [-0.1, -0.05) is 0 Å². The summed E-state index contributed by atoms with van der Waals surface area (Å²) in [5, 5.41) is 4.51. The van der Waals surface area contributed by atoms with Crippen LogP contribution >= 0.6 is 0 Å². The molecular formula is C31H38N4O7. The smallest absolute Gasteiger partial charge is 0.410 e. The molecule has 11 heteroatoms. The largest absolute Gasteiger partial charge is 0.497 e. The maximum atomic E-state index is 13.8. The molecule has 1 aliphatic rings. The van der Waals surface area contributed by atoms with Crippen molar-refractivity contribution in [1.82, 2.24) is 14.7 Å². The Hall–Kier alpha value is -4.54. The number of amides is 2. The van der Waals surface area contributed by atoms with Crippen LogP contribution in [0.15, 0.2) is 48.5 Å². The Labute approximate surface area is 245 Å². The van der Waals surface area contributed by atoms with Crippen LogP contribution in [0.3, 0.4) is 0 Å². The number of fused-ring (bicyclic) bond motifs is 1. The molecule has 2 amide bonds. The minimum absolute atomic E-state index is 0.150. The van der Waals surface area contributed by atoms with Crippen LogP contribution in [-0.4, -0.2) is 78.7 Å². The first-order valence-electron chi connectivity index (χ1n) is 13.9. The number of carbonyl (C=O) groups is 3. The highest BCUT2D eigenvalue weighted by Crippen LogP contribution is 2.30. The van der Waals surface area contributed by atoms with Crippen LogP contribution in [0.1, 0.15) is 60.7 Å². The first-order valence-corrected chi connectivity index (χ1v) is 13.9. The second-order valence-corrected chi connectivity index (χ2v) is 10.8. The third-order valence-corrected chi connectivity index (χ3v) is 6.56. The fourth-order valence-electron chi connectivity index (χ4n) is 4.53. The van der Waals surface area contributed by atoms with Gasteiger partial charge in [0.1, 0.15) is 22.8 Å². The summed E-state index contributed by atoms with van der Waals surface area (Å²) in [5.41, 5.74) is 1.82. The topological polar surface area (TPSA) is 112 Å². The van der Waals surface area contributed by atoms with Gasteiger partial charge in [-0.3, -0.25) is 4.79 Å². The van der Waals surface area contributed by atoms with E-state index in [1.807, 2.05) is 32.9 Å².